The van der Waals surface area contributed by atoms with Gasteiger partial charge in [-0.15, -0.1) is 0 Å². The maximum atomic E-state index is 13.0. The van der Waals surface area contributed by atoms with Gasteiger partial charge in [0.2, 0.25) is 0 Å². The summed E-state index contributed by atoms with van der Waals surface area (Å²) in [6.07, 6.45) is 0. The minimum Gasteiger partial charge on any atom is -0.497 e. The zero-order valence-electron chi connectivity index (χ0n) is 17.2. The summed E-state index contributed by atoms with van der Waals surface area (Å²) in [6, 6.07) is 15.1. The number of hydrogen-bond donors (Lipinski definition) is 3. The van der Waals surface area contributed by atoms with Crippen molar-refractivity contribution in [2.45, 2.75) is 11.8 Å². The van der Waals surface area contributed by atoms with Crippen molar-refractivity contribution in [3.05, 3.63) is 89.2 Å². The molecular formula is C22H20FN3O5S. The third kappa shape index (κ3) is 5.41. The van der Waals surface area contributed by atoms with Crippen LogP contribution >= 0.6 is 0 Å². The summed E-state index contributed by atoms with van der Waals surface area (Å²) in [4.78, 5) is 24.5. The van der Waals surface area contributed by atoms with Crippen LogP contribution in [0.4, 0.5) is 10.1 Å². The lowest BCUT2D eigenvalue weighted by molar-refractivity contribution is 0.0846. The molecule has 0 heterocycles. The smallest absolute Gasteiger partial charge is 0.270 e. The molecule has 166 valence electrons. The van der Waals surface area contributed by atoms with Crippen LogP contribution in [0.15, 0.2) is 71.6 Å². The molecule has 0 spiro atoms. The highest BCUT2D eigenvalue weighted by atomic mass is 32.2. The lowest BCUT2D eigenvalue weighted by atomic mass is 10.1. The van der Waals surface area contributed by atoms with Gasteiger partial charge in [0.1, 0.15) is 11.6 Å². The van der Waals surface area contributed by atoms with Gasteiger partial charge < -0.3 is 4.74 Å². The Bertz CT molecular complexity index is 1240. The molecular weight excluding hydrogens is 437 g/mol. The quantitative estimate of drug-likeness (QED) is 0.493. The molecule has 3 N–H and O–H groups in total. The number of carbonyl (C=O) groups excluding carboxylic acids is 2. The number of anilines is 1. The molecule has 0 aromatic heterocycles. The van der Waals surface area contributed by atoms with Gasteiger partial charge in [0, 0.05) is 16.8 Å². The highest BCUT2D eigenvalue weighted by Gasteiger charge is 2.19. The van der Waals surface area contributed by atoms with Crippen LogP contribution in [0.2, 0.25) is 0 Å². The van der Waals surface area contributed by atoms with E-state index < -0.39 is 27.7 Å². The van der Waals surface area contributed by atoms with Gasteiger partial charge in [0.15, 0.2) is 0 Å². The number of amides is 2. The number of methoxy groups -OCH3 is 1. The number of sulfonamides is 1. The topological polar surface area (TPSA) is 114 Å². The Morgan fingerprint density at radius 1 is 0.875 bits per heavy atom. The van der Waals surface area contributed by atoms with Crippen LogP contribution < -0.4 is 20.3 Å². The summed E-state index contributed by atoms with van der Waals surface area (Å²) in [5.41, 5.74) is 5.47. The van der Waals surface area contributed by atoms with E-state index in [1.54, 1.807) is 31.2 Å². The minimum absolute atomic E-state index is 0.0574. The largest absolute Gasteiger partial charge is 0.497 e. The molecule has 0 saturated heterocycles. The second-order valence-corrected chi connectivity index (χ2v) is 8.41. The zero-order valence-corrected chi connectivity index (χ0v) is 18.0. The van der Waals surface area contributed by atoms with Crippen LogP contribution in [-0.4, -0.2) is 27.3 Å². The first-order valence-corrected chi connectivity index (χ1v) is 10.8. The fraction of sp³-hybridized carbons (Fsp3) is 0.0909. The van der Waals surface area contributed by atoms with Crippen molar-refractivity contribution in [2.75, 3.05) is 11.8 Å². The van der Waals surface area contributed by atoms with Crippen molar-refractivity contribution < 1.29 is 27.1 Å². The van der Waals surface area contributed by atoms with Crippen LogP contribution in [0.5, 0.6) is 5.75 Å². The maximum Gasteiger partial charge on any atom is 0.270 e. The van der Waals surface area contributed by atoms with E-state index >= 15 is 0 Å². The van der Waals surface area contributed by atoms with Crippen LogP contribution in [0.25, 0.3) is 0 Å². The lowest BCUT2D eigenvalue weighted by Crippen LogP contribution is -2.41. The van der Waals surface area contributed by atoms with Gasteiger partial charge in [0.05, 0.1) is 12.0 Å². The molecule has 3 aromatic carbocycles. The predicted molar refractivity (Wildman–Crippen MR) is 116 cm³/mol. The Kier molecular flexibility index (Phi) is 6.74. The van der Waals surface area contributed by atoms with Gasteiger partial charge >= 0.3 is 0 Å². The van der Waals surface area contributed by atoms with Crippen LogP contribution in [0.3, 0.4) is 0 Å². The molecule has 0 bridgehead atoms. The van der Waals surface area contributed by atoms with Crippen LogP contribution in [0.1, 0.15) is 26.3 Å². The summed E-state index contributed by atoms with van der Waals surface area (Å²) in [5.74, 6) is -1.28. The molecule has 0 fully saturated rings. The summed E-state index contributed by atoms with van der Waals surface area (Å²) < 4.78 is 45.9. The second-order valence-electron chi connectivity index (χ2n) is 6.73. The Labute approximate surface area is 184 Å². The van der Waals surface area contributed by atoms with E-state index in [4.69, 9.17) is 4.74 Å². The molecule has 2 amide bonds. The Morgan fingerprint density at radius 3 is 2.12 bits per heavy atom. The predicted octanol–water partition coefficient (Wildman–Crippen LogP) is 3.02. The average molecular weight is 457 g/mol. The molecule has 0 aliphatic carbocycles. The summed E-state index contributed by atoms with van der Waals surface area (Å²) >= 11 is 0. The maximum absolute atomic E-state index is 13.0. The highest BCUT2D eigenvalue weighted by molar-refractivity contribution is 7.92. The second kappa shape index (κ2) is 9.48. The molecule has 8 nitrogen and oxygen atoms in total. The summed E-state index contributed by atoms with van der Waals surface area (Å²) in [7, 11) is -2.48. The zero-order chi connectivity index (χ0) is 23.3. The molecule has 0 radical (unpaired) electrons. The Hall–Kier alpha value is -3.92. The van der Waals surface area contributed by atoms with Crippen molar-refractivity contribution in [3.63, 3.8) is 0 Å². The van der Waals surface area contributed by atoms with Crippen molar-refractivity contribution in [1.82, 2.24) is 10.9 Å². The van der Waals surface area contributed by atoms with Crippen molar-refractivity contribution in [1.29, 1.82) is 0 Å². The number of aryl methyl sites for hydroxylation is 1. The van der Waals surface area contributed by atoms with Crippen molar-refractivity contribution in [3.8, 4) is 5.75 Å². The van der Waals surface area contributed by atoms with Crippen LogP contribution in [-0.2, 0) is 10.0 Å². The molecule has 3 rings (SSSR count). The molecule has 10 heteroatoms. The number of halogens is 1. The standard InChI is InChI=1S/C22H20FN3O5S/c1-14-3-12-19(32(29,30)26-17-8-10-18(31-2)11-9-17)13-20(14)22(28)25-24-21(27)15-4-6-16(23)7-5-15/h3-13,26H,1-2H3,(H,24,27)(H,25,28). The number of hydrogen-bond acceptors (Lipinski definition) is 5. The Morgan fingerprint density at radius 2 is 1.50 bits per heavy atom. The molecule has 0 saturated carbocycles. The first-order valence-electron chi connectivity index (χ1n) is 9.33. The van der Waals surface area contributed by atoms with Gasteiger partial charge in [-0.2, -0.15) is 0 Å². The third-order valence-electron chi connectivity index (χ3n) is 4.50. The van der Waals surface area contributed by atoms with E-state index in [0.717, 1.165) is 12.1 Å². The number of nitrogens with one attached hydrogen (secondary N) is 3. The highest BCUT2D eigenvalue weighted by Crippen LogP contribution is 2.21. The molecule has 0 aliphatic heterocycles. The first-order chi connectivity index (χ1) is 15.2. The van der Waals surface area contributed by atoms with E-state index in [-0.39, 0.29) is 16.0 Å². The van der Waals surface area contributed by atoms with Gasteiger partial charge in [-0.3, -0.25) is 25.2 Å². The van der Waals surface area contributed by atoms with E-state index in [2.05, 4.69) is 15.6 Å². The van der Waals surface area contributed by atoms with E-state index in [9.17, 15) is 22.4 Å². The SMILES string of the molecule is COc1ccc(NS(=O)(=O)c2ccc(C)c(C(=O)NNC(=O)c3ccc(F)cc3)c2)cc1. The van der Waals surface area contributed by atoms with E-state index in [1.807, 2.05) is 0 Å². The number of hydrazine groups is 1. The number of ether oxygens (including phenoxy) is 1. The van der Waals surface area contributed by atoms with Gasteiger partial charge in [-0.1, -0.05) is 6.07 Å². The third-order valence-corrected chi connectivity index (χ3v) is 5.88. The molecule has 0 aliphatic rings. The normalized spacial score (nSPS) is 10.8. The van der Waals surface area contributed by atoms with Crippen molar-refractivity contribution in [2.24, 2.45) is 0 Å². The monoisotopic (exact) mass is 457 g/mol. The summed E-state index contributed by atoms with van der Waals surface area (Å²) in [5, 5.41) is 0. The first kappa shape index (κ1) is 22.8. The fourth-order valence-corrected chi connectivity index (χ4v) is 3.82. The Balaban J connectivity index is 1.74. The van der Waals surface area contributed by atoms with Gasteiger partial charge in [0.25, 0.3) is 21.8 Å². The molecule has 32 heavy (non-hydrogen) atoms. The van der Waals surface area contributed by atoms with Crippen LogP contribution in [0, 0.1) is 12.7 Å². The number of rotatable bonds is 6. The molecule has 3 aromatic rings. The number of carbonyl (C=O) groups is 2. The molecule has 0 atom stereocenters. The average Bonchev–Trinajstić information content (AvgIpc) is 2.78. The van der Waals surface area contributed by atoms with E-state index in [1.165, 1.54) is 37.4 Å². The minimum atomic E-state index is -3.98. The lowest BCUT2D eigenvalue weighted by Gasteiger charge is -2.12. The fourth-order valence-electron chi connectivity index (χ4n) is 2.74. The van der Waals surface area contributed by atoms with Gasteiger partial charge in [-0.25, -0.2) is 12.8 Å². The van der Waals surface area contributed by atoms with E-state index in [0.29, 0.717) is 17.0 Å². The molecule has 0 unspecified atom stereocenters. The van der Waals surface area contributed by atoms with Gasteiger partial charge in [-0.05, 0) is 73.2 Å². The van der Waals surface area contributed by atoms with Crippen molar-refractivity contribution >= 4 is 27.5 Å². The summed E-state index contributed by atoms with van der Waals surface area (Å²) in [6.45, 7) is 1.63. The number of benzene rings is 3.